The minimum Gasteiger partial charge on any atom is -0.298 e. The van der Waals surface area contributed by atoms with Gasteiger partial charge in [0.1, 0.15) is 0 Å². The molecular weight excluding hydrogens is 246 g/mol. The molecule has 0 aromatic carbocycles. The highest BCUT2D eigenvalue weighted by Crippen LogP contribution is 2.41. The number of piperazine rings is 1. The molecule has 3 atom stereocenters. The Hall–Kier alpha value is -0.220. The Bertz CT molecular complexity index is 318. The van der Waals surface area contributed by atoms with E-state index in [1.165, 1.54) is 12.8 Å². The number of rotatable bonds is 2. The Balaban J connectivity index is 1.70. The molecule has 2 aliphatic heterocycles. The summed E-state index contributed by atoms with van der Waals surface area (Å²) in [5.74, 6) is -2.42. The van der Waals surface area contributed by atoms with Crippen molar-refractivity contribution in [2.24, 2.45) is 0 Å². The number of likely N-dealkylation sites (tertiary alicyclic amines) is 1. The highest BCUT2D eigenvalue weighted by molar-refractivity contribution is 5.01. The molecule has 0 spiro atoms. The Morgan fingerprint density at radius 2 is 1.63 bits per heavy atom. The molecule has 0 N–H and O–H groups in total. The van der Waals surface area contributed by atoms with Gasteiger partial charge in [-0.25, -0.2) is 8.78 Å². The number of hydrogen-bond donors (Lipinski definition) is 0. The van der Waals surface area contributed by atoms with Gasteiger partial charge in [-0.15, -0.1) is 0 Å². The summed E-state index contributed by atoms with van der Waals surface area (Å²) >= 11 is 0. The first-order valence-electron chi connectivity index (χ1n) is 7.85. The predicted octanol–water partition coefficient (Wildman–Crippen LogP) is 3.12. The summed E-state index contributed by atoms with van der Waals surface area (Å²) < 4.78 is 27.3. The number of halogens is 2. The van der Waals surface area contributed by atoms with Gasteiger partial charge in [0.05, 0.1) is 0 Å². The van der Waals surface area contributed by atoms with Crippen LogP contribution in [0.2, 0.25) is 0 Å². The standard InChI is InChI=1S/C15H26F2N2/c1-11(2)18-9-13-5-6-14(10-18)19(13)12-4-3-7-15(16,17)8-12/h11-14H,3-10H2,1-2H3. The Labute approximate surface area is 115 Å². The lowest BCUT2D eigenvalue weighted by atomic mass is 9.89. The van der Waals surface area contributed by atoms with Gasteiger partial charge < -0.3 is 0 Å². The van der Waals surface area contributed by atoms with Crippen LogP contribution in [0.3, 0.4) is 0 Å². The van der Waals surface area contributed by atoms with Gasteiger partial charge >= 0.3 is 0 Å². The van der Waals surface area contributed by atoms with Gasteiger partial charge in [0, 0.05) is 50.1 Å². The molecule has 2 saturated heterocycles. The van der Waals surface area contributed by atoms with Crippen molar-refractivity contribution in [3.05, 3.63) is 0 Å². The maximum atomic E-state index is 13.7. The maximum absolute atomic E-state index is 13.7. The fourth-order valence-corrected chi connectivity index (χ4v) is 4.39. The number of hydrogen-bond acceptors (Lipinski definition) is 2. The van der Waals surface area contributed by atoms with Crippen LogP contribution >= 0.6 is 0 Å². The number of fused-ring (bicyclic) bond motifs is 2. The second-order valence-electron chi connectivity index (χ2n) is 6.99. The fourth-order valence-electron chi connectivity index (χ4n) is 4.39. The van der Waals surface area contributed by atoms with Gasteiger partial charge in [-0.1, -0.05) is 0 Å². The summed E-state index contributed by atoms with van der Waals surface area (Å²) in [4.78, 5) is 5.01. The van der Waals surface area contributed by atoms with Crippen molar-refractivity contribution in [1.29, 1.82) is 0 Å². The molecule has 110 valence electrons. The van der Waals surface area contributed by atoms with E-state index in [1.54, 1.807) is 0 Å². The van der Waals surface area contributed by atoms with Crippen LogP contribution < -0.4 is 0 Å². The minimum absolute atomic E-state index is 0.0989. The molecule has 1 saturated carbocycles. The second-order valence-corrected chi connectivity index (χ2v) is 6.99. The lowest BCUT2D eigenvalue weighted by Crippen LogP contribution is -2.59. The van der Waals surface area contributed by atoms with E-state index < -0.39 is 5.92 Å². The molecule has 2 nitrogen and oxygen atoms in total. The zero-order valence-corrected chi connectivity index (χ0v) is 12.1. The van der Waals surface area contributed by atoms with E-state index in [2.05, 4.69) is 23.6 Å². The topological polar surface area (TPSA) is 6.48 Å². The molecule has 3 aliphatic rings. The second kappa shape index (κ2) is 4.96. The van der Waals surface area contributed by atoms with Crippen LogP contribution in [0.5, 0.6) is 0 Å². The van der Waals surface area contributed by atoms with Crippen molar-refractivity contribution >= 4 is 0 Å². The molecule has 4 heteroatoms. The van der Waals surface area contributed by atoms with Crippen molar-refractivity contribution in [3.63, 3.8) is 0 Å². The van der Waals surface area contributed by atoms with E-state index in [0.717, 1.165) is 19.5 Å². The highest BCUT2D eigenvalue weighted by Gasteiger charge is 2.47. The van der Waals surface area contributed by atoms with Crippen LogP contribution in [-0.2, 0) is 0 Å². The highest BCUT2D eigenvalue weighted by atomic mass is 19.3. The first kappa shape index (κ1) is 13.7. The maximum Gasteiger partial charge on any atom is 0.249 e. The SMILES string of the molecule is CC(C)N1CC2CCC(C1)N2C1CCCC(F)(F)C1. The monoisotopic (exact) mass is 272 g/mol. The van der Waals surface area contributed by atoms with Crippen LogP contribution in [-0.4, -0.2) is 53.0 Å². The van der Waals surface area contributed by atoms with Crippen LogP contribution in [0.4, 0.5) is 8.78 Å². The molecule has 1 aliphatic carbocycles. The first-order valence-corrected chi connectivity index (χ1v) is 7.85. The van der Waals surface area contributed by atoms with E-state index in [4.69, 9.17) is 0 Å². The normalized spacial score (nSPS) is 39.9. The number of nitrogens with zero attached hydrogens (tertiary/aromatic N) is 2. The zero-order valence-electron chi connectivity index (χ0n) is 12.1. The fraction of sp³-hybridized carbons (Fsp3) is 1.00. The van der Waals surface area contributed by atoms with E-state index in [-0.39, 0.29) is 18.9 Å². The Morgan fingerprint density at radius 1 is 1.00 bits per heavy atom. The minimum atomic E-state index is -2.42. The third kappa shape index (κ3) is 2.66. The van der Waals surface area contributed by atoms with Crippen molar-refractivity contribution in [2.45, 2.75) is 82.5 Å². The van der Waals surface area contributed by atoms with Gasteiger partial charge in [0.2, 0.25) is 5.92 Å². The van der Waals surface area contributed by atoms with Gasteiger partial charge in [-0.05, 0) is 39.5 Å². The molecule has 0 aromatic heterocycles. The molecule has 3 rings (SSSR count). The van der Waals surface area contributed by atoms with E-state index >= 15 is 0 Å². The van der Waals surface area contributed by atoms with Gasteiger partial charge in [0.15, 0.2) is 0 Å². The Morgan fingerprint density at radius 3 is 2.16 bits per heavy atom. The molecule has 2 bridgehead atoms. The molecule has 0 aromatic rings. The zero-order chi connectivity index (χ0) is 13.6. The smallest absolute Gasteiger partial charge is 0.249 e. The van der Waals surface area contributed by atoms with Crippen molar-refractivity contribution in [1.82, 2.24) is 9.80 Å². The molecule has 19 heavy (non-hydrogen) atoms. The molecule has 3 unspecified atom stereocenters. The van der Waals surface area contributed by atoms with Gasteiger partial charge in [0.25, 0.3) is 0 Å². The molecule has 2 heterocycles. The summed E-state index contributed by atoms with van der Waals surface area (Å²) in [6.45, 7) is 6.64. The third-order valence-electron chi connectivity index (χ3n) is 5.33. The first-order chi connectivity index (χ1) is 8.96. The summed E-state index contributed by atoms with van der Waals surface area (Å²) in [5.41, 5.74) is 0. The van der Waals surface area contributed by atoms with Crippen LogP contribution in [0.15, 0.2) is 0 Å². The van der Waals surface area contributed by atoms with Gasteiger partial charge in [-0.2, -0.15) is 0 Å². The summed E-state index contributed by atoms with van der Waals surface area (Å²) in [5, 5.41) is 0. The number of alkyl halides is 2. The van der Waals surface area contributed by atoms with Crippen molar-refractivity contribution in [3.8, 4) is 0 Å². The average molecular weight is 272 g/mol. The molecular formula is C15H26F2N2. The lowest BCUT2D eigenvalue weighted by molar-refractivity contribution is -0.0834. The Kier molecular flexibility index (Phi) is 3.59. The lowest BCUT2D eigenvalue weighted by Gasteiger charge is -2.48. The van der Waals surface area contributed by atoms with E-state index in [9.17, 15) is 8.78 Å². The van der Waals surface area contributed by atoms with Crippen molar-refractivity contribution in [2.75, 3.05) is 13.1 Å². The quantitative estimate of drug-likeness (QED) is 0.762. The van der Waals surface area contributed by atoms with Gasteiger partial charge in [-0.3, -0.25) is 9.80 Å². The largest absolute Gasteiger partial charge is 0.298 e. The summed E-state index contributed by atoms with van der Waals surface area (Å²) in [7, 11) is 0. The average Bonchev–Trinajstić information content (AvgIpc) is 2.58. The third-order valence-corrected chi connectivity index (χ3v) is 5.33. The molecule has 0 radical (unpaired) electrons. The summed E-state index contributed by atoms with van der Waals surface area (Å²) in [6, 6.07) is 1.77. The summed E-state index contributed by atoms with van der Waals surface area (Å²) in [6.07, 6.45) is 4.28. The molecule has 3 fully saturated rings. The van der Waals surface area contributed by atoms with E-state index in [0.29, 0.717) is 24.5 Å². The van der Waals surface area contributed by atoms with Crippen molar-refractivity contribution < 1.29 is 8.78 Å². The van der Waals surface area contributed by atoms with E-state index in [1.807, 2.05) is 0 Å². The van der Waals surface area contributed by atoms with Crippen LogP contribution in [0.25, 0.3) is 0 Å². The van der Waals surface area contributed by atoms with Crippen LogP contribution in [0.1, 0.15) is 52.4 Å². The molecule has 0 amide bonds. The van der Waals surface area contributed by atoms with Crippen LogP contribution in [0, 0.1) is 0 Å². The predicted molar refractivity (Wildman–Crippen MR) is 72.6 cm³/mol.